The first kappa shape index (κ1) is 77.0. The molecular formula is C77H116O6. The van der Waals surface area contributed by atoms with Crippen LogP contribution in [0.2, 0.25) is 0 Å². The van der Waals surface area contributed by atoms with Crippen LogP contribution in [0.1, 0.15) is 239 Å². The lowest BCUT2D eigenvalue weighted by Gasteiger charge is -2.18. The summed E-state index contributed by atoms with van der Waals surface area (Å²) in [5, 5.41) is 0. The van der Waals surface area contributed by atoms with Crippen LogP contribution in [0.25, 0.3) is 0 Å². The maximum atomic E-state index is 12.8. The Hall–Kier alpha value is -6.01. The van der Waals surface area contributed by atoms with E-state index in [1.54, 1.807) is 0 Å². The molecule has 0 radical (unpaired) electrons. The highest BCUT2D eigenvalue weighted by Gasteiger charge is 2.19. The van der Waals surface area contributed by atoms with Gasteiger partial charge in [-0.25, -0.2) is 0 Å². The Balaban J connectivity index is 4.24. The second-order valence-electron chi connectivity index (χ2n) is 20.6. The summed E-state index contributed by atoms with van der Waals surface area (Å²) in [7, 11) is 0. The SMILES string of the molecule is CC/C=C\C/C=C\C/C=C\C/C=C\C/C=C\C/C=C\C/C=C\C/C=C\C/C=C\CCCCCCCC(=O)OCC(COC(=O)CCCCCCC)OC(=O)CCCC/C=C\C/C=C\C/C=C\C/C=C\C/C=C\C/C=C\C/C=C\C/C=C\CC. The molecule has 0 aromatic heterocycles. The van der Waals surface area contributed by atoms with E-state index in [4.69, 9.17) is 14.2 Å². The second kappa shape index (κ2) is 68.5. The van der Waals surface area contributed by atoms with Crippen molar-refractivity contribution in [2.75, 3.05) is 13.2 Å². The summed E-state index contributed by atoms with van der Waals surface area (Å²) < 4.78 is 16.7. The number of rotatable bonds is 56. The third kappa shape index (κ3) is 66.7. The van der Waals surface area contributed by atoms with Crippen LogP contribution in [0, 0.1) is 0 Å². The monoisotopic (exact) mass is 1140 g/mol. The molecule has 0 heterocycles. The summed E-state index contributed by atoms with van der Waals surface area (Å²) in [5.41, 5.74) is 0. The molecule has 0 rings (SSSR count). The van der Waals surface area contributed by atoms with Crippen molar-refractivity contribution in [1.29, 1.82) is 0 Å². The van der Waals surface area contributed by atoms with E-state index in [0.717, 1.165) is 193 Å². The van der Waals surface area contributed by atoms with Crippen molar-refractivity contribution in [2.24, 2.45) is 0 Å². The lowest BCUT2D eigenvalue weighted by molar-refractivity contribution is -0.167. The van der Waals surface area contributed by atoms with E-state index >= 15 is 0 Å². The molecule has 0 aliphatic heterocycles. The van der Waals surface area contributed by atoms with Gasteiger partial charge in [-0.3, -0.25) is 14.4 Å². The molecule has 0 amide bonds. The Bertz CT molecular complexity index is 2030. The number of carbonyl (C=O) groups excluding carboxylic acids is 3. The van der Waals surface area contributed by atoms with Crippen molar-refractivity contribution in [3.8, 4) is 0 Å². The highest BCUT2D eigenvalue weighted by Crippen LogP contribution is 2.12. The minimum Gasteiger partial charge on any atom is -0.462 e. The van der Waals surface area contributed by atoms with Crippen LogP contribution in [0.4, 0.5) is 0 Å². The predicted molar refractivity (Wildman–Crippen MR) is 361 cm³/mol. The molecule has 6 heteroatoms. The number of hydrogen-bond donors (Lipinski definition) is 0. The number of carbonyl (C=O) groups is 3. The third-order valence-corrected chi connectivity index (χ3v) is 12.8. The zero-order valence-corrected chi connectivity index (χ0v) is 52.6. The van der Waals surface area contributed by atoms with E-state index in [0.29, 0.717) is 19.3 Å². The van der Waals surface area contributed by atoms with Gasteiger partial charge in [-0.05, 0) is 154 Å². The molecule has 0 fully saturated rings. The molecule has 0 aliphatic carbocycles. The molecule has 0 aliphatic rings. The van der Waals surface area contributed by atoms with Crippen LogP contribution < -0.4 is 0 Å². The average Bonchev–Trinajstić information content (AvgIpc) is 3.49. The van der Waals surface area contributed by atoms with E-state index in [1.807, 2.05) is 0 Å². The molecule has 6 nitrogen and oxygen atoms in total. The minimum absolute atomic E-state index is 0.114. The lowest BCUT2D eigenvalue weighted by atomic mass is 10.1. The van der Waals surface area contributed by atoms with E-state index in [2.05, 4.69) is 227 Å². The van der Waals surface area contributed by atoms with Crippen LogP contribution in [-0.2, 0) is 28.6 Å². The summed E-state index contributed by atoms with van der Waals surface area (Å²) >= 11 is 0. The zero-order chi connectivity index (χ0) is 59.9. The van der Waals surface area contributed by atoms with Crippen LogP contribution in [0.5, 0.6) is 0 Å². The Labute approximate surface area is 509 Å². The van der Waals surface area contributed by atoms with Crippen molar-refractivity contribution >= 4 is 17.9 Å². The fourth-order valence-corrected chi connectivity index (χ4v) is 7.98. The molecule has 0 saturated carbocycles. The molecule has 1 atom stereocenters. The maximum Gasteiger partial charge on any atom is 0.306 e. The predicted octanol–water partition coefficient (Wildman–Crippen LogP) is 22.8. The summed E-state index contributed by atoms with van der Waals surface area (Å²) in [4.78, 5) is 37.9. The van der Waals surface area contributed by atoms with E-state index in [9.17, 15) is 14.4 Å². The van der Waals surface area contributed by atoms with Crippen LogP contribution >= 0.6 is 0 Å². The Morgan fingerprint density at radius 3 is 0.759 bits per heavy atom. The summed E-state index contributed by atoms with van der Waals surface area (Å²) in [6.45, 7) is 6.25. The van der Waals surface area contributed by atoms with Gasteiger partial charge < -0.3 is 14.2 Å². The summed E-state index contributed by atoms with van der Waals surface area (Å²) in [6, 6.07) is 0. The van der Waals surface area contributed by atoms with Gasteiger partial charge in [-0.1, -0.05) is 272 Å². The lowest BCUT2D eigenvalue weighted by Crippen LogP contribution is -2.30. The van der Waals surface area contributed by atoms with Gasteiger partial charge in [0.1, 0.15) is 13.2 Å². The summed E-state index contributed by atoms with van der Waals surface area (Å²) in [5.74, 6) is -1.00. The van der Waals surface area contributed by atoms with E-state index in [1.165, 1.54) is 0 Å². The van der Waals surface area contributed by atoms with Crippen LogP contribution in [0.15, 0.2) is 207 Å². The highest BCUT2D eigenvalue weighted by molar-refractivity contribution is 5.71. The van der Waals surface area contributed by atoms with Gasteiger partial charge in [0.05, 0.1) is 0 Å². The molecule has 1 unspecified atom stereocenters. The largest absolute Gasteiger partial charge is 0.462 e. The van der Waals surface area contributed by atoms with Gasteiger partial charge in [0, 0.05) is 19.3 Å². The molecule has 0 spiro atoms. The first-order valence-electron chi connectivity index (χ1n) is 32.6. The molecule has 0 saturated heterocycles. The van der Waals surface area contributed by atoms with Crippen molar-refractivity contribution in [3.63, 3.8) is 0 Å². The van der Waals surface area contributed by atoms with Crippen molar-refractivity contribution in [3.05, 3.63) is 207 Å². The first-order valence-corrected chi connectivity index (χ1v) is 32.6. The first-order chi connectivity index (χ1) is 41.0. The third-order valence-electron chi connectivity index (χ3n) is 12.8. The Kier molecular flexibility index (Phi) is 63.5. The summed E-state index contributed by atoms with van der Waals surface area (Å²) in [6.07, 6.45) is 106. The Morgan fingerprint density at radius 1 is 0.253 bits per heavy atom. The van der Waals surface area contributed by atoms with Gasteiger partial charge in [0.25, 0.3) is 0 Å². The molecule has 0 aromatic rings. The number of allylic oxidation sites excluding steroid dienone is 34. The normalized spacial score (nSPS) is 13.5. The van der Waals surface area contributed by atoms with E-state index in [-0.39, 0.29) is 37.5 Å². The number of hydrogen-bond acceptors (Lipinski definition) is 6. The van der Waals surface area contributed by atoms with Crippen molar-refractivity contribution in [1.82, 2.24) is 0 Å². The fourth-order valence-electron chi connectivity index (χ4n) is 7.98. The molecule has 0 aromatic carbocycles. The van der Waals surface area contributed by atoms with Gasteiger partial charge in [0.2, 0.25) is 0 Å². The van der Waals surface area contributed by atoms with Crippen molar-refractivity contribution in [2.45, 2.75) is 245 Å². The van der Waals surface area contributed by atoms with Crippen LogP contribution in [0.3, 0.4) is 0 Å². The standard InChI is InChI=1S/C77H116O6/c1-4-7-10-13-15-17-19-21-23-25-27-29-31-33-35-36-37-38-39-40-42-43-45-47-49-51-53-55-57-59-61-64-67-70-76(79)82-73-74(72-81-75(78)69-66-63-12-9-6-3)83-77(80)71-68-65-62-60-58-56-54-52-50-48-46-44-41-34-32-30-28-26-24-22-20-18-16-14-11-8-5-2/h7-8,10-11,15-18,21-24,27-30,33-35,37-38,40-42,45-48,51-54,58,60,74H,4-6,9,12-14,19-20,25-26,31-32,36,39,43-44,49-50,55-57,59,61-73H2,1-3H3/b10-7-,11-8-,17-15-,18-16-,23-21-,24-22-,29-27-,30-28-,35-33-,38-37-,41-34-,42-40-,47-45-,48-46-,53-51-,54-52-,60-58-. The minimum atomic E-state index is -0.819. The quantitative estimate of drug-likeness (QED) is 0.0261. The fraction of sp³-hybridized carbons (Fsp3) is 0.519. The van der Waals surface area contributed by atoms with E-state index < -0.39 is 6.10 Å². The Morgan fingerprint density at radius 2 is 0.470 bits per heavy atom. The molecular weight excluding hydrogens is 1020 g/mol. The van der Waals surface area contributed by atoms with Gasteiger partial charge in [-0.15, -0.1) is 0 Å². The average molecular weight is 1140 g/mol. The topological polar surface area (TPSA) is 78.9 Å². The number of unbranched alkanes of at least 4 members (excludes halogenated alkanes) is 11. The van der Waals surface area contributed by atoms with Gasteiger partial charge >= 0.3 is 17.9 Å². The van der Waals surface area contributed by atoms with Gasteiger partial charge in [-0.2, -0.15) is 0 Å². The molecule has 0 N–H and O–H groups in total. The van der Waals surface area contributed by atoms with Crippen LogP contribution in [-0.4, -0.2) is 37.2 Å². The number of ether oxygens (including phenoxy) is 3. The zero-order valence-electron chi connectivity index (χ0n) is 52.6. The molecule has 83 heavy (non-hydrogen) atoms. The number of esters is 3. The molecule has 0 bridgehead atoms. The smallest absolute Gasteiger partial charge is 0.306 e. The highest BCUT2D eigenvalue weighted by atomic mass is 16.6. The van der Waals surface area contributed by atoms with Crippen molar-refractivity contribution < 1.29 is 28.6 Å². The second-order valence-corrected chi connectivity index (χ2v) is 20.6. The molecule has 460 valence electrons. The van der Waals surface area contributed by atoms with Gasteiger partial charge in [0.15, 0.2) is 6.10 Å². The maximum absolute atomic E-state index is 12.8.